The molecule has 0 spiro atoms. The number of thiophene rings is 1. The minimum Gasteiger partial charge on any atom is -0.308 e. The van der Waals surface area contributed by atoms with Crippen LogP contribution in [0, 0.1) is 0 Å². The molecule has 7 heteroatoms. The van der Waals surface area contributed by atoms with Crippen LogP contribution in [0.1, 0.15) is 11.0 Å². The molecular weight excluding hydrogens is 729 g/mol. The molecule has 0 aliphatic carbocycles. The Morgan fingerprint density at radius 3 is 1.59 bits per heavy atom. The van der Waals surface area contributed by atoms with Gasteiger partial charge in [0.25, 0.3) is 0 Å². The van der Waals surface area contributed by atoms with Crippen molar-refractivity contribution in [2.75, 3.05) is 0 Å². The number of benzene rings is 8. The molecule has 5 aromatic heterocycles. The molecule has 13 aromatic rings. The van der Waals surface area contributed by atoms with E-state index in [0.717, 1.165) is 64.8 Å². The van der Waals surface area contributed by atoms with Crippen molar-refractivity contribution >= 4 is 96.9 Å². The number of rotatable bonds is 4. The van der Waals surface area contributed by atoms with Crippen LogP contribution in [0.2, 0.25) is 0 Å². The summed E-state index contributed by atoms with van der Waals surface area (Å²) in [7, 11) is 0. The van der Waals surface area contributed by atoms with Crippen molar-refractivity contribution in [3.05, 3.63) is 182 Å². The lowest BCUT2D eigenvalue weighted by atomic mass is 10.1. The number of hydrogen-bond donors (Lipinski definition) is 0. The molecule has 6 nitrogen and oxygen atoms in total. The second-order valence-electron chi connectivity index (χ2n) is 14.2. The molecule has 58 heavy (non-hydrogen) atoms. The van der Waals surface area contributed by atoms with E-state index in [4.69, 9.17) is 23.2 Å². The molecular formula is C51H30N6S. The first-order valence-corrected chi connectivity index (χ1v) is 19.6. The fourth-order valence-electron chi connectivity index (χ4n) is 8.81. The fourth-order valence-corrected chi connectivity index (χ4v) is 9.91. The number of hydrogen-bond acceptors (Lipinski definition) is 4. The van der Waals surface area contributed by atoms with E-state index in [-0.39, 0.29) is 39.5 Å². The molecule has 0 unspecified atom stereocenters. The van der Waals surface area contributed by atoms with Crippen molar-refractivity contribution in [2.24, 2.45) is 0 Å². The summed E-state index contributed by atoms with van der Waals surface area (Å²) >= 11 is 1.74. The smallest absolute Gasteiger partial charge is 0.240 e. The molecule has 0 radical (unpaired) electrons. The summed E-state index contributed by atoms with van der Waals surface area (Å²) < 4.78 is 79.6. The predicted molar refractivity (Wildman–Crippen MR) is 241 cm³/mol. The standard InChI is InChI=1S/C51H30N6S/c1-9-23-40-31(15-1)32-16-2-10-24-41(32)56(40)50-52-49(53-51(54-50)57-42-25-11-3-17-33(42)34-18-4-12-26-43(34)57)37-20-6-13-27-44(37)55-39-22-8-5-19-35(39)36-29-30-46-47(48(36)55)38-21-7-14-28-45(38)58-46/h1-30H/i1D,2D,9D,10D,15D,16D,23D,24D. The van der Waals surface area contributed by atoms with Gasteiger partial charge in [-0.3, -0.25) is 9.13 Å². The van der Waals surface area contributed by atoms with Crippen molar-refractivity contribution in [1.82, 2.24) is 28.7 Å². The molecule has 8 aromatic carbocycles. The molecule has 0 fully saturated rings. The Bertz CT molecular complexity index is 4170. The first kappa shape index (κ1) is 24.8. The molecule has 0 saturated heterocycles. The van der Waals surface area contributed by atoms with E-state index in [1.54, 1.807) is 11.3 Å². The van der Waals surface area contributed by atoms with Gasteiger partial charge in [-0.25, -0.2) is 0 Å². The highest BCUT2D eigenvalue weighted by atomic mass is 32.1. The summed E-state index contributed by atoms with van der Waals surface area (Å²) in [5.41, 5.74) is 4.80. The van der Waals surface area contributed by atoms with Gasteiger partial charge < -0.3 is 4.57 Å². The van der Waals surface area contributed by atoms with Gasteiger partial charge >= 0.3 is 0 Å². The lowest BCUT2D eigenvalue weighted by Crippen LogP contribution is -2.11. The van der Waals surface area contributed by atoms with Gasteiger partial charge in [0.2, 0.25) is 11.9 Å². The maximum absolute atomic E-state index is 9.31. The average molecular weight is 767 g/mol. The number of para-hydroxylation sites is 6. The molecule has 270 valence electrons. The van der Waals surface area contributed by atoms with E-state index < -0.39 is 48.3 Å². The van der Waals surface area contributed by atoms with Crippen molar-refractivity contribution in [3.8, 4) is 29.0 Å². The van der Waals surface area contributed by atoms with Crippen LogP contribution >= 0.6 is 11.3 Å². The van der Waals surface area contributed by atoms with E-state index in [2.05, 4.69) is 53.1 Å². The SMILES string of the molecule is [2H]c1c([2H])c([2H])c2c(c1[2H])c1c([2H])c([2H])c([2H])c([2H])c1n2-c1nc(-c2ccccc2-n2c3ccccc3c3ccc4sc5ccccc5c4c32)nc(-n2c3ccccc3c3ccccc32)n1. The van der Waals surface area contributed by atoms with E-state index >= 15 is 0 Å². The third-order valence-electron chi connectivity index (χ3n) is 11.2. The topological polar surface area (TPSA) is 53.5 Å². The Morgan fingerprint density at radius 1 is 0.397 bits per heavy atom. The maximum Gasteiger partial charge on any atom is 0.240 e. The van der Waals surface area contributed by atoms with E-state index in [0.29, 0.717) is 5.56 Å². The highest BCUT2D eigenvalue weighted by Gasteiger charge is 2.24. The Hall–Kier alpha value is -7.61. The number of nitrogens with zero attached hydrogens (tertiary/aromatic N) is 6. The summed E-state index contributed by atoms with van der Waals surface area (Å²) in [5, 5.41) is 6.17. The molecule has 0 atom stereocenters. The van der Waals surface area contributed by atoms with Crippen LogP contribution in [0.25, 0.3) is 115 Å². The van der Waals surface area contributed by atoms with Crippen LogP contribution in [0.3, 0.4) is 0 Å². The third-order valence-corrected chi connectivity index (χ3v) is 12.3. The Labute approximate surface area is 346 Å². The van der Waals surface area contributed by atoms with Crippen LogP contribution in [0.4, 0.5) is 0 Å². The van der Waals surface area contributed by atoms with Crippen molar-refractivity contribution in [2.45, 2.75) is 0 Å². The van der Waals surface area contributed by atoms with Crippen molar-refractivity contribution < 1.29 is 11.0 Å². The molecule has 0 N–H and O–H groups in total. The zero-order chi connectivity index (χ0) is 44.9. The monoisotopic (exact) mass is 766 g/mol. The second kappa shape index (κ2) is 11.9. The normalized spacial score (nSPS) is 14.1. The van der Waals surface area contributed by atoms with Gasteiger partial charge in [-0.1, -0.05) is 127 Å². The van der Waals surface area contributed by atoms with Crippen LogP contribution < -0.4 is 0 Å². The Morgan fingerprint density at radius 2 is 0.914 bits per heavy atom. The van der Waals surface area contributed by atoms with E-state index in [1.807, 2.05) is 89.5 Å². The largest absolute Gasteiger partial charge is 0.308 e. The van der Waals surface area contributed by atoms with Gasteiger partial charge in [-0.05, 0) is 54.5 Å². The third kappa shape index (κ3) is 4.33. The lowest BCUT2D eigenvalue weighted by molar-refractivity contribution is 0.892. The Balaban J connectivity index is 1.21. The molecule has 0 aliphatic heterocycles. The first-order chi connectivity index (χ1) is 32.1. The lowest BCUT2D eigenvalue weighted by Gasteiger charge is -2.16. The Kier molecular flexibility index (Phi) is 5.11. The second-order valence-corrected chi connectivity index (χ2v) is 15.3. The van der Waals surface area contributed by atoms with E-state index in [1.165, 1.54) is 9.27 Å². The van der Waals surface area contributed by atoms with Gasteiger partial charge in [0.05, 0.1) is 49.8 Å². The molecule has 0 aliphatic rings. The molecule has 0 bridgehead atoms. The minimum absolute atomic E-state index is 0.0685. The summed E-state index contributed by atoms with van der Waals surface area (Å²) in [4.78, 5) is 15.7. The number of fused-ring (bicyclic) bond motifs is 13. The van der Waals surface area contributed by atoms with Crippen LogP contribution in [-0.2, 0) is 0 Å². The zero-order valence-corrected chi connectivity index (χ0v) is 31.1. The summed E-state index contributed by atoms with van der Waals surface area (Å²) in [6.07, 6.45) is 0. The highest BCUT2D eigenvalue weighted by molar-refractivity contribution is 7.26. The maximum atomic E-state index is 9.31. The summed E-state index contributed by atoms with van der Waals surface area (Å²) in [6.45, 7) is 0. The first-order valence-electron chi connectivity index (χ1n) is 22.8. The minimum atomic E-state index is -0.535. The molecule has 0 saturated carbocycles. The average Bonchev–Trinajstić information content (AvgIpc) is 4.10. The van der Waals surface area contributed by atoms with Gasteiger partial charge in [-0.2, -0.15) is 15.0 Å². The van der Waals surface area contributed by atoms with Crippen LogP contribution in [-0.4, -0.2) is 28.7 Å². The molecule has 5 heterocycles. The fraction of sp³-hybridized carbons (Fsp3) is 0. The predicted octanol–water partition coefficient (Wildman–Crippen LogP) is 13.2. The number of aromatic nitrogens is 6. The highest BCUT2D eigenvalue weighted by Crippen LogP contribution is 2.44. The van der Waals surface area contributed by atoms with Crippen LogP contribution in [0.15, 0.2) is 182 Å². The van der Waals surface area contributed by atoms with Gasteiger partial charge in [0, 0.05) is 58.1 Å². The van der Waals surface area contributed by atoms with Crippen molar-refractivity contribution in [1.29, 1.82) is 0 Å². The summed E-state index contributed by atoms with van der Waals surface area (Å²) in [6, 6.07) is 40.9. The molecule has 0 amide bonds. The quantitative estimate of drug-likeness (QED) is 0.179. The van der Waals surface area contributed by atoms with Crippen LogP contribution in [0.5, 0.6) is 0 Å². The van der Waals surface area contributed by atoms with Gasteiger partial charge in [0.1, 0.15) is 0 Å². The molecule has 13 rings (SSSR count). The summed E-state index contributed by atoms with van der Waals surface area (Å²) in [5.74, 6) is 0.305. The van der Waals surface area contributed by atoms with Gasteiger partial charge in [0.15, 0.2) is 5.82 Å². The van der Waals surface area contributed by atoms with Gasteiger partial charge in [-0.15, -0.1) is 11.3 Å². The zero-order valence-electron chi connectivity index (χ0n) is 38.3. The van der Waals surface area contributed by atoms with Crippen molar-refractivity contribution in [3.63, 3.8) is 0 Å². The van der Waals surface area contributed by atoms with E-state index in [9.17, 15) is 2.74 Å².